The molecule has 2 N–H and O–H groups in total. The van der Waals surface area contributed by atoms with E-state index in [1.54, 1.807) is 0 Å². The topological polar surface area (TPSA) is 66.8 Å². The van der Waals surface area contributed by atoms with Gasteiger partial charge in [-0.3, -0.25) is 0 Å². The first kappa shape index (κ1) is 14.4. The fraction of sp³-hybridized carbons (Fsp3) is 0.909. The van der Waals surface area contributed by atoms with Crippen molar-refractivity contribution in [1.29, 1.82) is 0 Å². The number of aliphatic hydroxyl groups is 2. The van der Waals surface area contributed by atoms with Gasteiger partial charge in [0.15, 0.2) is 0 Å². The highest BCUT2D eigenvalue weighted by atomic mass is 16.5. The predicted molar refractivity (Wildman–Crippen MR) is 57.4 cm³/mol. The van der Waals surface area contributed by atoms with Crippen molar-refractivity contribution in [2.45, 2.75) is 58.2 Å². The van der Waals surface area contributed by atoms with E-state index in [-0.39, 0.29) is 12.7 Å². The number of unbranched alkanes of at least 4 members (excludes halogenated alkanes) is 1. The Kier molecular flexibility index (Phi) is 8.33. The van der Waals surface area contributed by atoms with Crippen LogP contribution < -0.4 is 0 Å². The van der Waals surface area contributed by atoms with E-state index < -0.39 is 12.1 Å². The summed E-state index contributed by atoms with van der Waals surface area (Å²) < 4.78 is 4.76. The largest absolute Gasteiger partial charge is 0.464 e. The molecule has 0 bridgehead atoms. The number of hydrogen-bond acceptors (Lipinski definition) is 4. The van der Waals surface area contributed by atoms with Crippen LogP contribution in [0.2, 0.25) is 0 Å². The second-order valence-electron chi connectivity index (χ2n) is 3.78. The van der Waals surface area contributed by atoms with Crippen LogP contribution in [0, 0.1) is 0 Å². The second-order valence-corrected chi connectivity index (χ2v) is 3.78. The number of hydrogen-bond donors (Lipinski definition) is 2. The molecule has 2 atom stereocenters. The van der Waals surface area contributed by atoms with Gasteiger partial charge in [-0.05, 0) is 26.2 Å². The normalized spacial score (nSPS) is 14.7. The molecular formula is C11H22O4. The summed E-state index contributed by atoms with van der Waals surface area (Å²) in [6, 6.07) is 0. The summed E-state index contributed by atoms with van der Waals surface area (Å²) in [4.78, 5) is 10.8. The lowest BCUT2D eigenvalue weighted by molar-refractivity contribution is -0.152. The molecule has 15 heavy (non-hydrogen) atoms. The van der Waals surface area contributed by atoms with E-state index in [9.17, 15) is 9.90 Å². The summed E-state index contributed by atoms with van der Waals surface area (Å²) in [6.07, 6.45) is 2.84. The molecule has 0 heterocycles. The van der Waals surface area contributed by atoms with Crippen molar-refractivity contribution in [2.75, 3.05) is 6.61 Å². The van der Waals surface area contributed by atoms with E-state index in [1.807, 2.05) is 0 Å². The Morgan fingerprint density at radius 3 is 2.40 bits per heavy atom. The molecule has 0 aliphatic heterocycles. The molecule has 0 aromatic rings. The van der Waals surface area contributed by atoms with Gasteiger partial charge in [-0.2, -0.15) is 0 Å². The molecule has 0 radical (unpaired) electrons. The van der Waals surface area contributed by atoms with E-state index in [1.165, 1.54) is 6.92 Å². The highest BCUT2D eigenvalue weighted by Crippen LogP contribution is 2.06. The molecule has 0 aromatic heterocycles. The van der Waals surface area contributed by atoms with Gasteiger partial charge in [0.2, 0.25) is 0 Å². The van der Waals surface area contributed by atoms with Crippen molar-refractivity contribution in [2.24, 2.45) is 0 Å². The molecule has 0 aliphatic carbocycles. The van der Waals surface area contributed by atoms with Crippen molar-refractivity contribution in [3.63, 3.8) is 0 Å². The summed E-state index contributed by atoms with van der Waals surface area (Å²) in [6.45, 7) is 3.72. The minimum Gasteiger partial charge on any atom is -0.464 e. The summed E-state index contributed by atoms with van der Waals surface area (Å²) in [5.41, 5.74) is 0. The standard InChI is InChI=1S/C11H22O4/c1-3-4-6-10(13)7-5-8-15-11(14)9(2)12/h9-10,12-13H,3-8H2,1-2H3. The predicted octanol–water partition coefficient (Wildman–Crippen LogP) is 1.24. The molecule has 2 unspecified atom stereocenters. The third-order valence-corrected chi connectivity index (χ3v) is 2.16. The summed E-state index contributed by atoms with van der Waals surface area (Å²) in [5.74, 6) is -0.599. The Labute approximate surface area is 91.3 Å². The summed E-state index contributed by atoms with van der Waals surface area (Å²) in [7, 11) is 0. The number of carbonyl (C=O) groups excluding carboxylic acids is 1. The average Bonchev–Trinajstić information content (AvgIpc) is 2.20. The molecule has 0 aromatic carbocycles. The zero-order valence-electron chi connectivity index (χ0n) is 9.61. The maximum absolute atomic E-state index is 10.8. The zero-order chi connectivity index (χ0) is 11.7. The van der Waals surface area contributed by atoms with Crippen LogP contribution in [0.3, 0.4) is 0 Å². The van der Waals surface area contributed by atoms with Crippen LogP contribution in [0.5, 0.6) is 0 Å². The first-order valence-electron chi connectivity index (χ1n) is 5.60. The van der Waals surface area contributed by atoms with Crippen LogP contribution in [0.4, 0.5) is 0 Å². The number of esters is 1. The monoisotopic (exact) mass is 218 g/mol. The van der Waals surface area contributed by atoms with Crippen LogP contribution in [-0.4, -0.2) is 35.0 Å². The number of rotatable bonds is 8. The molecule has 0 saturated carbocycles. The summed E-state index contributed by atoms with van der Waals surface area (Å²) in [5, 5.41) is 18.3. The summed E-state index contributed by atoms with van der Waals surface area (Å²) >= 11 is 0. The minimum atomic E-state index is -1.06. The number of carbonyl (C=O) groups is 1. The molecule has 0 spiro atoms. The van der Waals surface area contributed by atoms with Crippen LogP contribution >= 0.6 is 0 Å². The van der Waals surface area contributed by atoms with Crippen molar-refractivity contribution in [3.8, 4) is 0 Å². The average molecular weight is 218 g/mol. The lowest BCUT2D eigenvalue weighted by Crippen LogP contribution is -2.20. The quantitative estimate of drug-likeness (QED) is 0.475. The van der Waals surface area contributed by atoms with E-state index in [2.05, 4.69) is 6.92 Å². The molecule has 4 heteroatoms. The lowest BCUT2D eigenvalue weighted by Gasteiger charge is -2.10. The van der Waals surface area contributed by atoms with Gasteiger partial charge in [0.1, 0.15) is 6.10 Å². The van der Waals surface area contributed by atoms with Crippen LogP contribution in [0.15, 0.2) is 0 Å². The van der Waals surface area contributed by atoms with Crippen molar-refractivity contribution >= 4 is 5.97 Å². The van der Waals surface area contributed by atoms with Gasteiger partial charge >= 0.3 is 5.97 Å². The third kappa shape index (κ3) is 8.39. The SMILES string of the molecule is CCCCC(O)CCCOC(=O)C(C)O. The van der Waals surface area contributed by atoms with Crippen LogP contribution in [0.25, 0.3) is 0 Å². The van der Waals surface area contributed by atoms with Crippen molar-refractivity contribution in [1.82, 2.24) is 0 Å². The Morgan fingerprint density at radius 1 is 1.27 bits per heavy atom. The highest BCUT2D eigenvalue weighted by molar-refractivity contribution is 5.73. The van der Waals surface area contributed by atoms with E-state index in [0.717, 1.165) is 19.3 Å². The van der Waals surface area contributed by atoms with Crippen LogP contribution in [0.1, 0.15) is 46.0 Å². The van der Waals surface area contributed by atoms with Gasteiger partial charge in [0.25, 0.3) is 0 Å². The molecule has 0 rings (SSSR count). The zero-order valence-corrected chi connectivity index (χ0v) is 9.61. The molecule has 0 aliphatic rings. The van der Waals surface area contributed by atoms with E-state index in [4.69, 9.17) is 9.84 Å². The lowest BCUT2D eigenvalue weighted by atomic mass is 10.1. The number of ether oxygens (including phenoxy) is 1. The number of aliphatic hydroxyl groups excluding tert-OH is 2. The van der Waals surface area contributed by atoms with Gasteiger partial charge in [-0.25, -0.2) is 4.79 Å². The molecule has 0 amide bonds. The van der Waals surface area contributed by atoms with Crippen LogP contribution in [-0.2, 0) is 9.53 Å². The Balaban J connectivity index is 3.34. The maximum Gasteiger partial charge on any atom is 0.334 e. The van der Waals surface area contributed by atoms with E-state index in [0.29, 0.717) is 12.8 Å². The van der Waals surface area contributed by atoms with Gasteiger partial charge in [-0.1, -0.05) is 19.8 Å². The Bertz CT molecular complexity index is 168. The van der Waals surface area contributed by atoms with Crippen molar-refractivity contribution < 1.29 is 19.7 Å². The molecular weight excluding hydrogens is 196 g/mol. The first-order chi connectivity index (χ1) is 7.07. The molecule has 0 fully saturated rings. The minimum absolute atomic E-state index is 0.271. The Morgan fingerprint density at radius 2 is 1.87 bits per heavy atom. The van der Waals surface area contributed by atoms with Crippen molar-refractivity contribution in [3.05, 3.63) is 0 Å². The second kappa shape index (κ2) is 8.68. The molecule has 90 valence electrons. The van der Waals surface area contributed by atoms with Gasteiger partial charge in [-0.15, -0.1) is 0 Å². The first-order valence-corrected chi connectivity index (χ1v) is 5.60. The fourth-order valence-electron chi connectivity index (χ4n) is 1.20. The fourth-order valence-corrected chi connectivity index (χ4v) is 1.20. The maximum atomic E-state index is 10.8. The van der Waals surface area contributed by atoms with E-state index >= 15 is 0 Å². The van der Waals surface area contributed by atoms with Gasteiger partial charge in [0, 0.05) is 0 Å². The van der Waals surface area contributed by atoms with Gasteiger partial charge in [0.05, 0.1) is 12.7 Å². The highest BCUT2D eigenvalue weighted by Gasteiger charge is 2.10. The Hall–Kier alpha value is -0.610. The van der Waals surface area contributed by atoms with Gasteiger partial charge < -0.3 is 14.9 Å². The molecule has 0 saturated heterocycles. The molecule has 4 nitrogen and oxygen atoms in total. The smallest absolute Gasteiger partial charge is 0.334 e. The third-order valence-electron chi connectivity index (χ3n) is 2.16.